The fraction of sp³-hybridized carbons (Fsp3) is 1.00. The Morgan fingerprint density at radius 3 is 1.26 bits per heavy atom. The van der Waals surface area contributed by atoms with Crippen LogP contribution >= 0.6 is 0 Å². The molecule has 2 unspecified atom stereocenters. The first kappa shape index (κ1) is 30.7. The van der Waals surface area contributed by atoms with E-state index in [1.807, 2.05) is 0 Å². The van der Waals surface area contributed by atoms with E-state index in [0.717, 1.165) is 18.8 Å². The van der Waals surface area contributed by atoms with Gasteiger partial charge in [-0.3, -0.25) is 0 Å². The van der Waals surface area contributed by atoms with Crippen LogP contribution in [0.25, 0.3) is 0 Å². The van der Waals surface area contributed by atoms with Gasteiger partial charge in [0.05, 0.1) is 85.4 Å². The number of ether oxygens (including phenoxy) is 6. The maximum Gasteiger partial charge on any atom is 0.0704 e. The Morgan fingerprint density at radius 1 is 0.484 bits per heavy atom. The molecule has 2 atom stereocenters. The monoisotopic (exact) mass is 450 g/mol. The third-order valence-corrected chi connectivity index (χ3v) is 4.58. The molecule has 0 fully saturated rings. The van der Waals surface area contributed by atoms with Crippen molar-refractivity contribution in [2.75, 3.05) is 79.3 Å². The largest absolute Gasteiger partial charge is 0.394 e. The maximum atomic E-state index is 8.56. The average molecular weight is 451 g/mol. The van der Waals surface area contributed by atoms with Crippen molar-refractivity contribution in [3.63, 3.8) is 0 Å². The Morgan fingerprint density at radius 2 is 0.871 bits per heavy atom. The fourth-order valence-electron chi connectivity index (χ4n) is 3.43. The molecule has 0 aliphatic carbocycles. The van der Waals surface area contributed by atoms with Crippen molar-refractivity contribution in [2.45, 2.75) is 60.0 Å². The summed E-state index contributed by atoms with van der Waals surface area (Å²) in [6, 6.07) is 0. The molecular weight excluding hydrogens is 400 g/mol. The average Bonchev–Trinajstić information content (AvgIpc) is 2.69. The Labute approximate surface area is 191 Å². The topological polar surface area (TPSA) is 75.6 Å². The lowest BCUT2D eigenvalue weighted by Gasteiger charge is -2.24. The van der Waals surface area contributed by atoms with Crippen LogP contribution < -0.4 is 0 Å². The van der Waals surface area contributed by atoms with Crippen molar-refractivity contribution in [3.8, 4) is 0 Å². The molecule has 0 spiro atoms. The minimum Gasteiger partial charge on any atom is -0.394 e. The minimum atomic E-state index is 0.0403. The van der Waals surface area contributed by atoms with Crippen LogP contribution in [0, 0.1) is 17.8 Å². The number of rotatable bonds is 24. The quantitative estimate of drug-likeness (QED) is 0.225. The van der Waals surface area contributed by atoms with E-state index < -0.39 is 0 Å². The van der Waals surface area contributed by atoms with E-state index in [0.29, 0.717) is 90.6 Å². The third-order valence-electron chi connectivity index (χ3n) is 4.58. The molecule has 0 amide bonds. The number of aliphatic hydroxyl groups is 1. The van der Waals surface area contributed by atoms with Gasteiger partial charge in [-0.2, -0.15) is 0 Å². The van der Waals surface area contributed by atoms with Gasteiger partial charge in [-0.05, 0) is 37.0 Å². The standard InChI is InChI=1S/C24H50O7/c1-21(2)18-23(5)20-24(19-22(3)4)31-17-16-30-15-14-29-13-12-28-11-10-27-9-8-26-7-6-25/h21-25H,6-20H2,1-5H3. The van der Waals surface area contributed by atoms with Gasteiger partial charge in [0.2, 0.25) is 0 Å². The van der Waals surface area contributed by atoms with Crippen LogP contribution in [-0.4, -0.2) is 90.5 Å². The van der Waals surface area contributed by atoms with Gasteiger partial charge in [-0.25, -0.2) is 0 Å². The van der Waals surface area contributed by atoms with E-state index in [-0.39, 0.29) is 6.61 Å². The lowest BCUT2D eigenvalue weighted by Crippen LogP contribution is -2.22. The normalized spacial score (nSPS) is 13.9. The highest BCUT2D eigenvalue weighted by atomic mass is 16.6. The lowest BCUT2D eigenvalue weighted by molar-refractivity contribution is -0.0329. The summed E-state index contributed by atoms with van der Waals surface area (Å²) in [7, 11) is 0. The Balaban J connectivity index is 3.47. The van der Waals surface area contributed by atoms with Gasteiger partial charge in [0.15, 0.2) is 0 Å². The molecule has 0 rings (SSSR count). The minimum absolute atomic E-state index is 0.0403. The summed E-state index contributed by atoms with van der Waals surface area (Å²) in [6.07, 6.45) is 3.81. The summed E-state index contributed by atoms with van der Waals surface area (Å²) in [4.78, 5) is 0. The van der Waals surface area contributed by atoms with Gasteiger partial charge >= 0.3 is 0 Å². The van der Waals surface area contributed by atoms with Gasteiger partial charge in [0.1, 0.15) is 0 Å². The molecule has 0 aromatic heterocycles. The predicted molar refractivity (Wildman–Crippen MR) is 124 cm³/mol. The van der Waals surface area contributed by atoms with Gasteiger partial charge in [-0.1, -0.05) is 34.6 Å². The zero-order chi connectivity index (χ0) is 23.2. The number of hydrogen-bond donors (Lipinski definition) is 1. The number of aliphatic hydroxyl groups excluding tert-OH is 1. The van der Waals surface area contributed by atoms with Crippen molar-refractivity contribution in [2.24, 2.45) is 17.8 Å². The molecule has 0 aliphatic heterocycles. The van der Waals surface area contributed by atoms with Crippen LogP contribution in [0.15, 0.2) is 0 Å². The first-order valence-electron chi connectivity index (χ1n) is 12.1. The Bertz CT molecular complexity index is 353. The molecule has 1 N–H and O–H groups in total. The molecule has 0 radical (unpaired) electrons. The van der Waals surface area contributed by atoms with Crippen LogP contribution in [0.4, 0.5) is 0 Å². The van der Waals surface area contributed by atoms with E-state index in [1.165, 1.54) is 6.42 Å². The second-order valence-corrected chi connectivity index (χ2v) is 8.88. The van der Waals surface area contributed by atoms with E-state index in [9.17, 15) is 0 Å². The maximum absolute atomic E-state index is 8.56. The SMILES string of the molecule is CC(C)CC(C)CC(CC(C)C)OCCOCCOCCOCCOCCOCCO. The molecule has 0 bridgehead atoms. The molecule has 0 aliphatic rings. The summed E-state index contributed by atoms with van der Waals surface area (Å²) in [5.74, 6) is 2.07. The predicted octanol–water partition coefficient (Wildman–Crippen LogP) is 3.57. The van der Waals surface area contributed by atoms with Crippen LogP contribution in [0.5, 0.6) is 0 Å². The van der Waals surface area contributed by atoms with E-state index in [4.69, 9.17) is 33.5 Å². The molecule has 0 aromatic carbocycles. The first-order valence-corrected chi connectivity index (χ1v) is 12.1. The van der Waals surface area contributed by atoms with Gasteiger partial charge < -0.3 is 33.5 Å². The van der Waals surface area contributed by atoms with Gasteiger partial charge in [-0.15, -0.1) is 0 Å². The Hall–Kier alpha value is -0.280. The second kappa shape index (κ2) is 22.9. The second-order valence-electron chi connectivity index (χ2n) is 8.88. The zero-order valence-electron chi connectivity index (χ0n) is 20.8. The Kier molecular flexibility index (Phi) is 22.7. The highest BCUT2D eigenvalue weighted by molar-refractivity contribution is 4.67. The van der Waals surface area contributed by atoms with Crippen molar-refractivity contribution < 1.29 is 33.5 Å². The lowest BCUT2D eigenvalue weighted by atomic mass is 9.91. The van der Waals surface area contributed by atoms with Crippen LogP contribution in [0.2, 0.25) is 0 Å². The summed E-state index contributed by atoms with van der Waals surface area (Å²) in [5.41, 5.74) is 0. The van der Waals surface area contributed by atoms with Crippen LogP contribution in [-0.2, 0) is 28.4 Å². The van der Waals surface area contributed by atoms with E-state index in [1.54, 1.807) is 0 Å². The summed E-state index contributed by atoms with van der Waals surface area (Å²) in [5, 5.41) is 8.56. The molecule has 0 aromatic rings. The molecular formula is C24H50O7. The third kappa shape index (κ3) is 24.2. The molecule has 7 heteroatoms. The van der Waals surface area contributed by atoms with E-state index >= 15 is 0 Å². The van der Waals surface area contributed by atoms with Gasteiger partial charge in [0.25, 0.3) is 0 Å². The highest BCUT2D eigenvalue weighted by Gasteiger charge is 2.16. The first-order chi connectivity index (χ1) is 15.0. The molecule has 0 saturated carbocycles. The summed E-state index contributed by atoms with van der Waals surface area (Å²) < 4.78 is 33.1. The highest BCUT2D eigenvalue weighted by Crippen LogP contribution is 2.21. The molecule has 188 valence electrons. The molecule has 0 saturated heterocycles. The van der Waals surface area contributed by atoms with Crippen LogP contribution in [0.3, 0.4) is 0 Å². The van der Waals surface area contributed by atoms with Gasteiger partial charge in [0, 0.05) is 0 Å². The smallest absolute Gasteiger partial charge is 0.0704 e. The number of hydrogen-bond acceptors (Lipinski definition) is 7. The van der Waals surface area contributed by atoms with Crippen molar-refractivity contribution >= 4 is 0 Å². The molecule has 7 nitrogen and oxygen atoms in total. The van der Waals surface area contributed by atoms with Crippen molar-refractivity contribution in [3.05, 3.63) is 0 Å². The van der Waals surface area contributed by atoms with E-state index in [2.05, 4.69) is 34.6 Å². The van der Waals surface area contributed by atoms with Crippen molar-refractivity contribution in [1.29, 1.82) is 0 Å². The summed E-state index contributed by atoms with van der Waals surface area (Å²) >= 11 is 0. The fourth-order valence-corrected chi connectivity index (χ4v) is 3.43. The molecule has 31 heavy (non-hydrogen) atoms. The van der Waals surface area contributed by atoms with Crippen LogP contribution in [0.1, 0.15) is 53.9 Å². The molecule has 0 heterocycles. The van der Waals surface area contributed by atoms with Crippen molar-refractivity contribution in [1.82, 2.24) is 0 Å². The summed E-state index contributed by atoms with van der Waals surface area (Å²) in [6.45, 7) is 17.3. The zero-order valence-corrected chi connectivity index (χ0v) is 20.8.